The van der Waals surface area contributed by atoms with Crippen LogP contribution in [-0.4, -0.2) is 4.98 Å². The number of nitrogens with zero attached hydrogens (tertiary/aromatic N) is 1. The molecular weight excluding hydrogens is 244 g/mol. The average Bonchev–Trinajstić information content (AvgIpc) is 2.51. The lowest BCUT2D eigenvalue weighted by Gasteiger charge is -2.07. The highest BCUT2D eigenvalue weighted by atomic mass is 15.0. The quantitative estimate of drug-likeness (QED) is 0.751. The van der Waals surface area contributed by atoms with E-state index in [1.165, 1.54) is 11.1 Å². The van der Waals surface area contributed by atoms with Gasteiger partial charge in [-0.05, 0) is 41.8 Å². The molecule has 20 heavy (non-hydrogen) atoms. The molecule has 0 spiro atoms. The van der Waals surface area contributed by atoms with E-state index in [4.69, 9.17) is 0 Å². The molecule has 3 rings (SSSR count). The lowest BCUT2D eigenvalue weighted by atomic mass is 10.0. The topological polar surface area (TPSA) is 24.9 Å². The third-order valence-electron chi connectivity index (χ3n) is 3.14. The highest BCUT2D eigenvalue weighted by Gasteiger charge is 1.98. The van der Waals surface area contributed by atoms with Crippen LogP contribution in [0.2, 0.25) is 0 Å². The average molecular weight is 260 g/mol. The van der Waals surface area contributed by atoms with E-state index in [2.05, 4.69) is 58.8 Å². The molecule has 0 atom stereocenters. The molecular formula is C18H16N2. The SMILES string of the molecule is c1ccc(Cc2ccc(Nc3ccccn3)cc2)cc1. The summed E-state index contributed by atoms with van der Waals surface area (Å²) in [7, 11) is 0. The van der Waals surface area contributed by atoms with Crippen LogP contribution in [-0.2, 0) is 6.42 Å². The number of aromatic nitrogens is 1. The van der Waals surface area contributed by atoms with E-state index in [-0.39, 0.29) is 0 Å². The molecule has 0 saturated carbocycles. The maximum Gasteiger partial charge on any atom is 0.130 e. The molecule has 0 fully saturated rings. The van der Waals surface area contributed by atoms with Crippen molar-refractivity contribution in [1.82, 2.24) is 4.98 Å². The van der Waals surface area contributed by atoms with Gasteiger partial charge in [0.2, 0.25) is 0 Å². The Morgan fingerprint density at radius 1 is 0.700 bits per heavy atom. The first-order valence-electron chi connectivity index (χ1n) is 6.71. The van der Waals surface area contributed by atoms with Crippen LogP contribution in [0.4, 0.5) is 11.5 Å². The second-order valence-electron chi connectivity index (χ2n) is 4.70. The van der Waals surface area contributed by atoms with Gasteiger partial charge in [0.25, 0.3) is 0 Å². The molecule has 1 heterocycles. The van der Waals surface area contributed by atoms with Crippen molar-refractivity contribution in [2.24, 2.45) is 0 Å². The number of hydrogen-bond donors (Lipinski definition) is 1. The van der Waals surface area contributed by atoms with E-state index in [1.807, 2.05) is 24.3 Å². The van der Waals surface area contributed by atoms with Gasteiger partial charge < -0.3 is 5.32 Å². The number of anilines is 2. The van der Waals surface area contributed by atoms with E-state index in [1.54, 1.807) is 6.20 Å². The molecule has 98 valence electrons. The molecule has 2 heteroatoms. The first-order valence-corrected chi connectivity index (χ1v) is 6.71. The number of rotatable bonds is 4. The summed E-state index contributed by atoms with van der Waals surface area (Å²) in [5.41, 5.74) is 3.70. The normalized spacial score (nSPS) is 10.2. The molecule has 0 aliphatic carbocycles. The predicted molar refractivity (Wildman–Crippen MR) is 83.2 cm³/mol. The molecule has 0 aliphatic rings. The lowest BCUT2D eigenvalue weighted by Crippen LogP contribution is -1.93. The third-order valence-corrected chi connectivity index (χ3v) is 3.14. The van der Waals surface area contributed by atoms with Crippen LogP contribution in [0.15, 0.2) is 79.0 Å². The van der Waals surface area contributed by atoms with Crippen LogP contribution in [0.1, 0.15) is 11.1 Å². The standard InChI is InChI=1S/C18H16N2/c1-2-6-15(7-3-1)14-16-9-11-17(12-10-16)20-18-8-4-5-13-19-18/h1-13H,14H2,(H,19,20). The van der Waals surface area contributed by atoms with Gasteiger partial charge in [-0.3, -0.25) is 0 Å². The fourth-order valence-corrected chi connectivity index (χ4v) is 2.12. The van der Waals surface area contributed by atoms with Gasteiger partial charge in [-0.25, -0.2) is 4.98 Å². The van der Waals surface area contributed by atoms with Crippen molar-refractivity contribution < 1.29 is 0 Å². The van der Waals surface area contributed by atoms with Crippen molar-refractivity contribution in [2.75, 3.05) is 5.32 Å². The fraction of sp³-hybridized carbons (Fsp3) is 0.0556. The highest BCUT2D eigenvalue weighted by molar-refractivity contribution is 5.56. The molecule has 0 radical (unpaired) electrons. The van der Waals surface area contributed by atoms with E-state index >= 15 is 0 Å². The molecule has 3 aromatic rings. The maximum absolute atomic E-state index is 4.25. The minimum Gasteiger partial charge on any atom is -0.340 e. The third kappa shape index (κ3) is 3.23. The Balaban J connectivity index is 1.69. The Hall–Kier alpha value is -2.61. The van der Waals surface area contributed by atoms with Crippen LogP contribution in [0, 0.1) is 0 Å². The second-order valence-corrected chi connectivity index (χ2v) is 4.70. The Labute approximate surface area is 119 Å². The zero-order valence-corrected chi connectivity index (χ0v) is 11.2. The van der Waals surface area contributed by atoms with E-state index in [0.717, 1.165) is 17.9 Å². The van der Waals surface area contributed by atoms with Crippen LogP contribution >= 0.6 is 0 Å². The summed E-state index contributed by atoms with van der Waals surface area (Å²) in [4.78, 5) is 4.25. The largest absolute Gasteiger partial charge is 0.340 e. The minimum atomic E-state index is 0.864. The number of pyridine rings is 1. The smallest absolute Gasteiger partial charge is 0.130 e. The van der Waals surface area contributed by atoms with Gasteiger partial charge in [0.1, 0.15) is 5.82 Å². The highest BCUT2D eigenvalue weighted by Crippen LogP contribution is 2.16. The van der Waals surface area contributed by atoms with Crippen molar-refractivity contribution in [1.29, 1.82) is 0 Å². The van der Waals surface area contributed by atoms with E-state index in [9.17, 15) is 0 Å². The first kappa shape index (κ1) is 12.4. The van der Waals surface area contributed by atoms with Gasteiger partial charge >= 0.3 is 0 Å². The molecule has 0 amide bonds. The summed E-state index contributed by atoms with van der Waals surface area (Å²) in [6.45, 7) is 0. The molecule has 1 aromatic heterocycles. The summed E-state index contributed by atoms with van der Waals surface area (Å²) < 4.78 is 0. The van der Waals surface area contributed by atoms with Gasteiger partial charge in [-0.1, -0.05) is 48.5 Å². The molecule has 0 aliphatic heterocycles. The van der Waals surface area contributed by atoms with Crippen molar-refractivity contribution >= 4 is 11.5 Å². The minimum absolute atomic E-state index is 0.864. The van der Waals surface area contributed by atoms with Crippen LogP contribution in [0.25, 0.3) is 0 Å². The summed E-state index contributed by atoms with van der Waals surface area (Å²) >= 11 is 0. The molecule has 0 bridgehead atoms. The van der Waals surface area contributed by atoms with Gasteiger partial charge in [0, 0.05) is 11.9 Å². The predicted octanol–water partition coefficient (Wildman–Crippen LogP) is 4.42. The van der Waals surface area contributed by atoms with Crippen molar-refractivity contribution in [3.05, 3.63) is 90.1 Å². The summed E-state index contributed by atoms with van der Waals surface area (Å²) in [6, 6.07) is 24.8. The fourth-order valence-electron chi connectivity index (χ4n) is 2.12. The second kappa shape index (κ2) is 6.02. The van der Waals surface area contributed by atoms with E-state index < -0.39 is 0 Å². The molecule has 0 unspecified atom stereocenters. The summed E-state index contributed by atoms with van der Waals surface area (Å²) in [6.07, 6.45) is 2.75. The van der Waals surface area contributed by atoms with Gasteiger partial charge in [0.15, 0.2) is 0 Å². The number of benzene rings is 2. The zero-order valence-electron chi connectivity index (χ0n) is 11.2. The number of hydrogen-bond acceptors (Lipinski definition) is 2. The van der Waals surface area contributed by atoms with Crippen molar-refractivity contribution in [3.63, 3.8) is 0 Å². The summed E-state index contributed by atoms with van der Waals surface area (Å²) in [5, 5.41) is 3.28. The van der Waals surface area contributed by atoms with Crippen LogP contribution < -0.4 is 5.32 Å². The lowest BCUT2D eigenvalue weighted by molar-refractivity contribution is 1.19. The zero-order chi connectivity index (χ0) is 13.6. The monoisotopic (exact) mass is 260 g/mol. The molecule has 0 saturated heterocycles. The van der Waals surface area contributed by atoms with Crippen molar-refractivity contribution in [3.8, 4) is 0 Å². The Bertz CT molecular complexity index is 586. The van der Waals surface area contributed by atoms with Gasteiger partial charge in [-0.2, -0.15) is 0 Å². The maximum atomic E-state index is 4.25. The Morgan fingerprint density at radius 2 is 1.40 bits per heavy atom. The van der Waals surface area contributed by atoms with E-state index in [0.29, 0.717) is 0 Å². The Kier molecular flexibility index (Phi) is 3.74. The first-order chi connectivity index (χ1) is 9.90. The molecule has 1 N–H and O–H groups in total. The summed E-state index contributed by atoms with van der Waals surface area (Å²) in [5.74, 6) is 0.864. The molecule has 2 aromatic carbocycles. The van der Waals surface area contributed by atoms with Crippen molar-refractivity contribution in [2.45, 2.75) is 6.42 Å². The van der Waals surface area contributed by atoms with Crippen LogP contribution in [0.3, 0.4) is 0 Å². The number of nitrogens with one attached hydrogen (secondary N) is 1. The van der Waals surface area contributed by atoms with Gasteiger partial charge in [-0.15, -0.1) is 0 Å². The van der Waals surface area contributed by atoms with Crippen LogP contribution in [0.5, 0.6) is 0 Å². The molecule has 2 nitrogen and oxygen atoms in total. The van der Waals surface area contributed by atoms with Gasteiger partial charge in [0.05, 0.1) is 0 Å². The Morgan fingerprint density at radius 3 is 2.10 bits per heavy atom.